The van der Waals surface area contributed by atoms with Gasteiger partial charge in [-0.15, -0.1) is 10.2 Å². The number of aromatic nitrogens is 2. The van der Waals surface area contributed by atoms with Gasteiger partial charge in [-0.25, -0.2) is 9.78 Å². The van der Waals surface area contributed by atoms with Crippen molar-refractivity contribution >= 4 is 34.7 Å². The van der Waals surface area contributed by atoms with E-state index in [1.807, 2.05) is 13.0 Å². The molecule has 0 fully saturated rings. The molecule has 0 aliphatic heterocycles. The Labute approximate surface area is 130 Å². The first-order valence-electron chi connectivity index (χ1n) is 6.44. The van der Waals surface area contributed by atoms with E-state index < -0.39 is 5.97 Å². The van der Waals surface area contributed by atoms with Gasteiger partial charge in [-0.2, -0.15) is 0 Å². The van der Waals surface area contributed by atoms with E-state index in [0.717, 1.165) is 5.56 Å². The van der Waals surface area contributed by atoms with Gasteiger partial charge in [0.1, 0.15) is 5.65 Å². The molecule has 0 radical (unpaired) electrons. The fourth-order valence-electron chi connectivity index (χ4n) is 1.97. The molecule has 0 amide bonds. The van der Waals surface area contributed by atoms with Crippen LogP contribution >= 0.6 is 11.6 Å². The number of imidazole rings is 1. The number of aryl methyl sites for hydroxylation is 1. The van der Waals surface area contributed by atoms with Crippen LogP contribution in [0.2, 0.25) is 5.02 Å². The molecule has 7 heteroatoms. The van der Waals surface area contributed by atoms with Gasteiger partial charge in [0.15, 0.2) is 11.5 Å². The maximum absolute atomic E-state index is 11.3. The summed E-state index contributed by atoms with van der Waals surface area (Å²) in [6.07, 6.45) is 1.69. The van der Waals surface area contributed by atoms with Gasteiger partial charge in [-0.3, -0.25) is 4.40 Å². The molecule has 0 aliphatic carbocycles. The van der Waals surface area contributed by atoms with E-state index >= 15 is 0 Å². The van der Waals surface area contributed by atoms with E-state index in [1.165, 1.54) is 0 Å². The Morgan fingerprint density at radius 3 is 2.82 bits per heavy atom. The molecule has 3 rings (SSSR count). The minimum Gasteiger partial charge on any atom is -0.476 e. The lowest BCUT2D eigenvalue weighted by molar-refractivity contribution is 0.0692. The molecule has 1 aromatic carbocycles. The second kappa shape index (κ2) is 5.57. The van der Waals surface area contributed by atoms with E-state index in [2.05, 4.69) is 15.2 Å². The van der Waals surface area contributed by atoms with E-state index in [1.54, 1.807) is 40.9 Å². The molecule has 110 valence electrons. The van der Waals surface area contributed by atoms with E-state index in [0.29, 0.717) is 16.4 Å². The third-order valence-corrected chi connectivity index (χ3v) is 3.53. The summed E-state index contributed by atoms with van der Waals surface area (Å²) < 4.78 is 1.57. The highest BCUT2D eigenvalue weighted by Crippen LogP contribution is 2.26. The zero-order valence-corrected chi connectivity index (χ0v) is 12.3. The second-order valence-corrected chi connectivity index (χ2v) is 5.06. The minimum absolute atomic E-state index is 0.145. The number of fused-ring (bicyclic) bond motifs is 1. The van der Waals surface area contributed by atoms with E-state index in [9.17, 15) is 9.90 Å². The number of azo groups is 1. The summed E-state index contributed by atoms with van der Waals surface area (Å²) in [4.78, 5) is 15.3. The lowest BCUT2D eigenvalue weighted by Gasteiger charge is -1.98. The van der Waals surface area contributed by atoms with Crippen molar-refractivity contribution in [2.45, 2.75) is 6.92 Å². The number of hydrogen-bond acceptors (Lipinski definition) is 4. The number of halogens is 1. The van der Waals surface area contributed by atoms with Crippen LogP contribution in [-0.4, -0.2) is 20.5 Å². The summed E-state index contributed by atoms with van der Waals surface area (Å²) in [6, 6.07) is 10.5. The quantitative estimate of drug-likeness (QED) is 0.727. The SMILES string of the molecule is Cc1ccc(N=Nc2c(C(=O)O)nc3ccccn23)cc1Cl. The van der Waals surface area contributed by atoms with Crippen LogP contribution < -0.4 is 0 Å². The van der Waals surface area contributed by atoms with Crippen LogP contribution in [0.4, 0.5) is 11.5 Å². The highest BCUT2D eigenvalue weighted by atomic mass is 35.5. The molecule has 0 unspecified atom stereocenters. The molecule has 6 nitrogen and oxygen atoms in total. The topological polar surface area (TPSA) is 79.3 Å². The summed E-state index contributed by atoms with van der Waals surface area (Å²) in [5, 5.41) is 17.9. The van der Waals surface area contributed by atoms with Gasteiger partial charge >= 0.3 is 5.97 Å². The Balaban J connectivity index is 2.09. The van der Waals surface area contributed by atoms with Crippen molar-refractivity contribution in [3.8, 4) is 0 Å². The molecule has 0 saturated heterocycles. The van der Waals surface area contributed by atoms with Crippen molar-refractivity contribution in [2.75, 3.05) is 0 Å². The monoisotopic (exact) mass is 314 g/mol. The van der Waals surface area contributed by atoms with Gasteiger partial charge in [-0.1, -0.05) is 23.7 Å². The number of carboxylic acid groups (broad SMARTS) is 1. The van der Waals surface area contributed by atoms with Gasteiger partial charge < -0.3 is 5.11 Å². The lowest BCUT2D eigenvalue weighted by atomic mass is 10.2. The van der Waals surface area contributed by atoms with Gasteiger partial charge in [-0.05, 0) is 36.8 Å². The fraction of sp³-hybridized carbons (Fsp3) is 0.0667. The van der Waals surface area contributed by atoms with Gasteiger partial charge in [0, 0.05) is 11.2 Å². The Bertz CT molecular complexity index is 902. The van der Waals surface area contributed by atoms with Crippen LogP contribution in [0.1, 0.15) is 16.1 Å². The van der Waals surface area contributed by atoms with Crippen molar-refractivity contribution in [3.05, 3.63) is 58.9 Å². The highest BCUT2D eigenvalue weighted by Gasteiger charge is 2.17. The zero-order valence-electron chi connectivity index (χ0n) is 11.6. The molecule has 2 heterocycles. The maximum Gasteiger partial charge on any atom is 0.358 e. The minimum atomic E-state index is -1.15. The predicted molar refractivity (Wildman–Crippen MR) is 82.5 cm³/mol. The Kier molecular flexibility index (Phi) is 3.60. The predicted octanol–water partition coefficient (Wildman–Crippen LogP) is 4.41. The lowest BCUT2D eigenvalue weighted by Crippen LogP contribution is -1.96. The van der Waals surface area contributed by atoms with E-state index in [4.69, 9.17) is 11.6 Å². The van der Waals surface area contributed by atoms with Crippen LogP contribution in [0.15, 0.2) is 52.8 Å². The molecule has 0 saturated carbocycles. The number of nitrogens with zero attached hydrogens (tertiary/aromatic N) is 4. The first-order valence-corrected chi connectivity index (χ1v) is 6.82. The van der Waals surface area contributed by atoms with Gasteiger partial charge in [0.25, 0.3) is 0 Å². The molecular weight excluding hydrogens is 304 g/mol. The molecule has 0 spiro atoms. The number of rotatable bonds is 3. The van der Waals surface area contributed by atoms with Crippen LogP contribution in [0.25, 0.3) is 5.65 Å². The Morgan fingerprint density at radius 1 is 1.27 bits per heavy atom. The van der Waals surface area contributed by atoms with Crippen molar-refractivity contribution in [3.63, 3.8) is 0 Å². The smallest absolute Gasteiger partial charge is 0.358 e. The molecule has 3 aromatic rings. The molecule has 1 N–H and O–H groups in total. The third kappa shape index (κ3) is 2.56. The summed E-state index contributed by atoms with van der Waals surface area (Å²) >= 11 is 6.04. The Morgan fingerprint density at radius 2 is 2.09 bits per heavy atom. The summed E-state index contributed by atoms with van der Waals surface area (Å²) in [6.45, 7) is 1.89. The second-order valence-electron chi connectivity index (χ2n) is 4.65. The highest BCUT2D eigenvalue weighted by molar-refractivity contribution is 6.31. The summed E-state index contributed by atoms with van der Waals surface area (Å²) in [5.41, 5.74) is 1.82. The number of aromatic carboxylic acids is 1. The normalized spacial score (nSPS) is 11.4. The first kappa shape index (κ1) is 14.2. The fourth-order valence-corrected chi connectivity index (χ4v) is 2.15. The van der Waals surface area contributed by atoms with Gasteiger partial charge in [0.2, 0.25) is 0 Å². The molecular formula is C15H11ClN4O2. The standard InChI is InChI=1S/C15H11ClN4O2/c1-9-5-6-10(8-11(9)16)18-19-14-13(15(21)22)17-12-4-2-3-7-20(12)14/h2-8H,1H3,(H,21,22). The van der Waals surface area contributed by atoms with Crippen molar-refractivity contribution < 1.29 is 9.90 Å². The van der Waals surface area contributed by atoms with E-state index in [-0.39, 0.29) is 11.5 Å². The van der Waals surface area contributed by atoms with Crippen LogP contribution in [0.3, 0.4) is 0 Å². The van der Waals surface area contributed by atoms with Crippen LogP contribution in [0, 0.1) is 6.92 Å². The number of benzene rings is 1. The molecule has 22 heavy (non-hydrogen) atoms. The van der Waals surface area contributed by atoms with Crippen LogP contribution in [0.5, 0.6) is 0 Å². The average molecular weight is 315 g/mol. The van der Waals surface area contributed by atoms with Gasteiger partial charge in [0.05, 0.1) is 5.69 Å². The molecule has 2 aromatic heterocycles. The summed E-state index contributed by atoms with van der Waals surface area (Å²) in [5.74, 6) is -0.987. The van der Waals surface area contributed by atoms with Crippen molar-refractivity contribution in [1.82, 2.24) is 9.38 Å². The molecule has 0 bridgehead atoms. The number of carbonyl (C=O) groups is 1. The average Bonchev–Trinajstić information content (AvgIpc) is 2.87. The maximum atomic E-state index is 11.3. The van der Waals surface area contributed by atoms with Crippen molar-refractivity contribution in [2.24, 2.45) is 10.2 Å². The zero-order chi connectivity index (χ0) is 15.7. The summed E-state index contributed by atoms with van der Waals surface area (Å²) in [7, 11) is 0. The number of hydrogen-bond donors (Lipinski definition) is 1. The molecule has 0 atom stereocenters. The van der Waals surface area contributed by atoms with Crippen molar-refractivity contribution in [1.29, 1.82) is 0 Å². The third-order valence-electron chi connectivity index (χ3n) is 3.12. The molecule has 0 aliphatic rings. The number of carboxylic acids is 1. The Hall–Kier alpha value is -2.73. The first-order chi connectivity index (χ1) is 10.6. The number of pyridine rings is 1. The largest absolute Gasteiger partial charge is 0.476 e. The van der Waals surface area contributed by atoms with Crippen LogP contribution in [-0.2, 0) is 0 Å².